The molecule has 1 fully saturated rings. The van der Waals surface area contributed by atoms with Crippen LogP contribution in [-0.2, 0) is 27.3 Å². The van der Waals surface area contributed by atoms with Crippen LogP contribution in [0.25, 0.3) is 0 Å². The molecule has 0 radical (unpaired) electrons. The molecular formula is C24H28ClN3O5. The van der Waals surface area contributed by atoms with E-state index in [-0.39, 0.29) is 30.8 Å². The van der Waals surface area contributed by atoms with Gasteiger partial charge in [0.1, 0.15) is 11.8 Å². The second-order valence-electron chi connectivity index (χ2n) is 8.05. The summed E-state index contributed by atoms with van der Waals surface area (Å²) in [6.07, 6.45) is 2.07. The molecule has 0 saturated carbocycles. The van der Waals surface area contributed by atoms with Crippen molar-refractivity contribution in [1.29, 1.82) is 0 Å². The van der Waals surface area contributed by atoms with Crippen molar-refractivity contribution >= 4 is 29.4 Å². The van der Waals surface area contributed by atoms with Gasteiger partial charge in [-0.05, 0) is 43.0 Å². The first-order valence-corrected chi connectivity index (χ1v) is 11.2. The number of carbonyl (C=O) groups excluding carboxylic acids is 2. The maximum atomic E-state index is 12.9. The fourth-order valence-electron chi connectivity index (χ4n) is 3.93. The number of halogens is 1. The van der Waals surface area contributed by atoms with Crippen LogP contribution in [0.15, 0.2) is 48.5 Å². The van der Waals surface area contributed by atoms with E-state index in [9.17, 15) is 14.4 Å². The summed E-state index contributed by atoms with van der Waals surface area (Å²) in [6, 6.07) is 13.6. The van der Waals surface area contributed by atoms with Gasteiger partial charge in [-0.25, -0.2) is 4.79 Å². The highest BCUT2D eigenvalue weighted by atomic mass is 35.5. The van der Waals surface area contributed by atoms with E-state index in [2.05, 4.69) is 5.32 Å². The van der Waals surface area contributed by atoms with Crippen LogP contribution in [0.4, 0.5) is 0 Å². The van der Waals surface area contributed by atoms with E-state index in [1.165, 1.54) is 0 Å². The van der Waals surface area contributed by atoms with Crippen LogP contribution in [0, 0.1) is 0 Å². The van der Waals surface area contributed by atoms with Crippen molar-refractivity contribution in [2.75, 3.05) is 13.2 Å². The largest absolute Gasteiger partial charge is 0.482 e. The summed E-state index contributed by atoms with van der Waals surface area (Å²) >= 11 is 6.04. The lowest BCUT2D eigenvalue weighted by Crippen LogP contribution is -2.47. The number of ether oxygens (including phenoxy) is 1. The Balaban J connectivity index is 1.57. The van der Waals surface area contributed by atoms with Gasteiger partial charge in [-0.3, -0.25) is 9.59 Å². The van der Waals surface area contributed by atoms with Crippen LogP contribution < -0.4 is 15.8 Å². The van der Waals surface area contributed by atoms with Crippen LogP contribution >= 0.6 is 11.6 Å². The summed E-state index contributed by atoms with van der Waals surface area (Å²) in [4.78, 5) is 38.1. The Hall–Kier alpha value is -3.10. The third kappa shape index (κ3) is 7.20. The van der Waals surface area contributed by atoms with Crippen molar-refractivity contribution in [2.45, 2.75) is 44.3 Å². The zero-order valence-corrected chi connectivity index (χ0v) is 19.0. The third-order valence-electron chi connectivity index (χ3n) is 5.48. The third-order valence-corrected chi connectivity index (χ3v) is 5.72. The predicted molar refractivity (Wildman–Crippen MR) is 124 cm³/mol. The molecule has 4 N–H and O–H groups in total. The molecule has 176 valence electrons. The lowest BCUT2D eigenvalue weighted by Gasteiger charge is -2.25. The smallest absolute Gasteiger partial charge is 0.341 e. The minimum atomic E-state index is -1.11. The summed E-state index contributed by atoms with van der Waals surface area (Å²) < 4.78 is 5.28. The average Bonchev–Trinajstić information content (AvgIpc) is 3.27. The average molecular weight is 474 g/mol. The van der Waals surface area contributed by atoms with Crippen molar-refractivity contribution in [3.05, 3.63) is 64.7 Å². The number of carbonyl (C=O) groups is 3. The minimum Gasteiger partial charge on any atom is -0.482 e. The first-order valence-electron chi connectivity index (χ1n) is 10.8. The maximum Gasteiger partial charge on any atom is 0.341 e. The Morgan fingerprint density at radius 1 is 1.21 bits per heavy atom. The van der Waals surface area contributed by atoms with Gasteiger partial charge in [-0.1, -0.05) is 41.9 Å². The lowest BCUT2D eigenvalue weighted by atomic mass is 10.0. The van der Waals surface area contributed by atoms with Crippen LogP contribution in [0.5, 0.6) is 5.75 Å². The molecule has 2 aromatic carbocycles. The number of nitrogens with zero attached hydrogens (tertiary/aromatic N) is 1. The highest BCUT2D eigenvalue weighted by Gasteiger charge is 2.34. The standard InChI is InChI=1S/C24H28ClN3O5/c25-18-8-9-21(33-15-23(30)31)17(12-18)14-27-24(32)20-7-4-10-28(20)22(29)13-19(26)11-16-5-2-1-3-6-16/h1-3,5-6,8-9,12,19-20H,4,7,10-11,13-15,26H2,(H,27,32)(H,30,31). The molecule has 2 amide bonds. The van der Waals surface area contributed by atoms with Crippen LogP contribution in [0.1, 0.15) is 30.4 Å². The van der Waals surface area contributed by atoms with Gasteiger partial charge in [0, 0.05) is 36.1 Å². The number of hydrogen-bond acceptors (Lipinski definition) is 5. The van der Waals surface area contributed by atoms with Gasteiger partial charge in [-0.2, -0.15) is 0 Å². The number of carboxylic acid groups (broad SMARTS) is 1. The summed E-state index contributed by atoms with van der Waals surface area (Å²) in [6.45, 7) is 0.107. The van der Waals surface area contributed by atoms with Gasteiger partial charge in [0.05, 0.1) is 0 Å². The zero-order chi connectivity index (χ0) is 23.8. The molecule has 0 aromatic heterocycles. The Morgan fingerprint density at radius 3 is 2.70 bits per heavy atom. The SMILES string of the molecule is NC(CC(=O)N1CCCC1C(=O)NCc1cc(Cl)ccc1OCC(=O)O)Cc1ccccc1. The number of nitrogens with one attached hydrogen (secondary N) is 1. The van der Waals surface area contributed by atoms with E-state index in [4.69, 9.17) is 27.2 Å². The van der Waals surface area contributed by atoms with Gasteiger partial charge < -0.3 is 25.8 Å². The Kier molecular flexibility index (Phi) is 8.68. The van der Waals surface area contributed by atoms with Gasteiger partial charge in [-0.15, -0.1) is 0 Å². The summed E-state index contributed by atoms with van der Waals surface area (Å²) in [5.41, 5.74) is 7.81. The quantitative estimate of drug-likeness (QED) is 0.487. The van der Waals surface area contributed by atoms with Gasteiger partial charge in [0.15, 0.2) is 6.61 Å². The van der Waals surface area contributed by atoms with Crippen molar-refractivity contribution < 1.29 is 24.2 Å². The lowest BCUT2D eigenvalue weighted by molar-refractivity contribution is -0.139. The number of aliphatic carboxylic acids is 1. The van der Waals surface area contributed by atoms with Crippen molar-refractivity contribution in [1.82, 2.24) is 10.2 Å². The molecule has 1 saturated heterocycles. The molecule has 8 nitrogen and oxygen atoms in total. The number of hydrogen-bond donors (Lipinski definition) is 3. The van der Waals surface area contributed by atoms with E-state index in [1.807, 2.05) is 30.3 Å². The van der Waals surface area contributed by atoms with Crippen LogP contribution in [0.2, 0.25) is 5.02 Å². The first kappa shape index (κ1) is 24.5. The Bertz CT molecular complexity index is 985. The van der Waals surface area contributed by atoms with E-state index >= 15 is 0 Å². The minimum absolute atomic E-state index is 0.0976. The van der Waals surface area contributed by atoms with E-state index < -0.39 is 18.6 Å². The molecule has 0 bridgehead atoms. The number of carboxylic acids is 1. The summed E-state index contributed by atoms with van der Waals surface area (Å²) in [5.74, 6) is -1.19. The summed E-state index contributed by atoms with van der Waals surface area (Å²) in [7, 11) is 0. The van der Waals surface area contributed by atoms with E-state index in [0.29, 0.717) is 35.7 Å². The molecule has 1 aliphatic rings. The highest BCUT2D eigenvalue weighted by molar-refractivity contribution is 6.30. The molecule has 1 aliphatic heterocycles. The highest BCUT2D eigenvalue weighted by Crippen LogP contribution is 2.24. The normalized spacial score (nSPS) is 16.3. The van der Waals surface area contributed by atoms with Gasteiger partial charge in [0.25, 0.3) is 0 Å². The first-order chi connectivity index (χ1) is 15.8. The molecule has 2 atom stereocenters. The monoisotopic (exact) mass is 473 g/mol. The summed E-state index contributed by atoms with van der Waals surface area (Å²) in [5, 5.41) is 12.1. The molecule has 33 heavy (non-hydrogen) atoms. The van der Waals surface area contributed by atoms with Crippen LogP contribution in [0.3, 0.4) is 0 Å². The topological polar surface area (TPSA) is 122 Å². The number of rotatable bonds is 10. The van der Waals surface area contributed by atoms with Crippen molar-refractivity contribution in [3.8, 4) is 5.75 Å². The van der Waals surface area contributed by atoms with Crippen molar-refractivity contribution in [3.63, 3.8) is 0 Å². The van der Waals surface area contributed by atoms with Gasteiger partial charge >= 0.3 is 5.97 Å². The molecule has 2 unspecified atom stereocenters. The maximum absolute atomic E-state index is 12.9. The number of amides is 2. The fraction of sp³-hybridized carbons (Fsp3) is 0.375. The zero-order valence-electron chi connectivity index (χ0n) is 18.2. The number of likely N-dealkylation sites (tertiary alicyclic amines) is 1. The van der Waals surface area contributed by atoms with Crippen LogP contribution in [-0.4, -0.2) is 53.0 Å². The van der Waals surface area contributed by atoms with E-state index in [1.54, 1.807) is 23.1 Å². The van der Waals surface area contributed by atoms with E-state index in [0.717, 1.165) is 12.0 Å². The number of benzene rings is 2. The molecule has 0 spiro atoms. The van der Waals surface area contributed by atoms with Gasteiger partial charge in [0.2, 0.25) is 11.8 Å². The molecule has 3 rings (SSSR count). The molecule has 2 aromatic rings. The van der Waals surface area contributed by atoms with Crippen molar-refractivity contribution in [2.24, 2.45) is 5.73 Å². The molecular weight excluding hydrogens is 446 g/mol. The molecule has 1 heterocycles. The Morgan fingerprint density at radius 2 is 1.97 bits per heavy atom. The predicted octanol–water partition coefficient (Wildman–Crippen LogP) is 2.37. The fourth-order valence-corrected chi connectivity index (χ4v) is 4.13. The second-order valence-corrected chi connectivity index (χ2v) is 8.49. The Labute approximate surface area is 197 Å². The second kappa shape index (κ2) is 11.7. The number of nitrogens with two attached hydrogens (primary N) is 1. The molecule has 0 aliphatic carbocycles. The molecule has 9 heteroatoms.